The first kappa shape index (κ1) is 24.6. The summed E-state index contributed by atoms with van der Waals surface area (Å²) in [6, 6.07) is 9.21. The number of carbonyl (C=O) groups is 2. The number of carboxylic acid groups (broad SMARTS) is 1. The number of nitrogens with zero attached hydrogens (tertiary/aromatic N) is 2. The molecule has 11 heteroatoms. The quantitative estimate of drug-likeness (QED) is 0.727. The van der Waals surface area contributed by atoms with Gasteiger partial charge in [-0.3, -0.25) is 4.79 Å². The maximum atomic E-state index is 12.5. The second-order valence-corrected chi connectivity index (χ2v) is 8.12. The van der Waals surface area contributed by atoms with Crippen LogP contribution in [0.1, 0.15) is 35.6 Å². The number of carboxylic acids is 1. The third kappa shape index (κ3) is 6.70. The van der Waals surface area contributed by atoms with E-state index in [2.05, 4.69) is 4.98 Å². The highest BCUT2D eigenvalue weighted by atomic mass is 19.4. The lowest BCUT2D eigenvalue weighted by molar-refractivity contribution is -0.192. The average Bonchev–Trinajstić information content (AvgIpc) is 3.39. The number of hydrogen-bond acceptors (Lipinski definition) is 6. The Kier molecular flexibility index (Phi) is 7.62. The van der Waals surface area contributed by atoms with Crippen molar-refractivity contribution in [3.63, 3.8) is 0 Å². The minimum absolute atomic E-state index is 0.0121. The normalized spacial score (nSPS) is 19.6. The van der Waals surface area contributed by atoms with Crippen LogP contribution in [0.15, 0.2) is 40.9 Å². The summed E-state index contributed by atoms with van der Waals surface area (Å²) in [5.74, 6) is -0.940. The van der Waals surface area contributed by atoms with Gasteiger partial charge in [0.05, 0.1) is 12.7 Å². The summed E-state index contributed by atoms with van der Waals surface area (Å²) in [5.41, 5.74) is 0.161. The number of hydrogen-bond donors (Lipinski definition) is 1. The molecule has 0 aromatic carbocycles. The second kappa shape index (κ2) is 10.2. The van der Waals surface area contributed by atoms with Crippen molar-refractivity contribution in [3.05, 3.63) is 48.0 Å². The van der Waals surface area contributed by atoms with Crippen molar-refractivity contribution in [2.24, 2.45) is 5.41 Å². The molecule has 2 aromatic heterocycles. The predicted octanol–water partition coefficient (Wildman–Crippen LogP) is 3.71. The molecule has 0 radical (unpaired) electrons. The molecular formula is C22H25F3N2O6. The van der Waals surface area contributed by atoms with Crippen molar-refractivity contribution >= 4 is 11.9 Å². The number of alkyl halides is 3. The first-order chi connectivity index (χ1) is 15.6. The minimum Gasteiger partial charge on any atom is -0.475 e. The molecule has 2 aliphatic heterocycles. The smallest absolute Gasteiger partial charge is 0.475 e. The maximum absolute atomic E-state index is 12.5. The highest BCUT2D eigenvalue weighted by Gasteiger charge is 2.43. The Balaban J connectivity index is 0.000000383. The molecule has 1 unspecified atom stereocenters. The van der Waals surface area contributed by atoms with E-state index in [9.17, 15) is 18.0 Å². The van der Waals surface area contributed by atoms with Crippen molar-refractivity contribution in [2.45, 2.75) is 38.5 Å². The molecule has 0 aliphatic carbocycles. The van der Waals surface area contributed by atoms with Crippen LogP contribution in [-0.4, -0.2) is 65.5 Å². The minimum atomic E-state index is -5.08. The number of amides is 1. The highest BCUT2D eigenvalue weighted by Crippen LogP contribution is 2.42. The fourth-order valence-corrected chi connectivity index (χ4v) is 3.85. The van der Waals surface area contributed by atoms with Crippen molar-refractivity contribution in [3.8, 4) is 5.88 Å². The third-order valence-corrected chi connectivity index (χ3v) is 5.65. The fourth-order valence-electron chi connectivity index (χ4n) is 3.85. The van der Waals surface area contributed by atoms with Gasteiger partial charge < -0.3 is 23.9 Å². The lowest BCUT2D eigenvalue weighted by atomic mass is 9.76. The van der Waals surface area contributed by atoms with Crippen LogP contribution in [0.4, 0.5) is 13.2 Å². The highest BCUT2D eigenvalue weighted by molar-refractivity contribution is 5.91. The van der Waals surface area contributed by atoms with Gasteiger partial charge in [0, 0.05) is 25.4 Å². The predicted molar refractivity (Wildman–Crippen MR) is 109 cm³/mol. The topological polar surface area (TPSA) is 102 Å². The average molecular weight is 470 g/mol. The molecule has 2 saturated heterocycles. The van der Waals surface area contributed by atoms with E-state index >= 15 is 0 Å². The number of pyridine rings is 1. The Bertz CT molecular complexity index is 939. The van der Waals surface area contributed by atoms with E-state index < -0.39 is 12.1 Å². The lowest BCUT2D eigenvalue weighted by Crippen LogP contribution is -2.43. The summed E-state index contributed by atoms with van der Waals surface area (Å²) in [7, 11) is 0. The summed E-state index contributed by atoms with van der Waals surface area (Å²) in [6.45, 7) is 4.61. The number of carbonyl (C=O) groups excluding carboxylic acids is 1. The van der Waals surface area contributed by atoms with Crippen molar-refractivity contribution in [2.75, 3.05) is 26.3 Å². The lowest BCUT2D eigenvalue weighted by Gasteiger charge is -2.38. The molecule has 1 atom stereocenters. The molecule has 1 spiro atoms. The Hall–Kier alpha value is -3.08. The van der Waals surface area contributed by atoms with Gasteiger partial charge in [-0.25, -0.2) is 9.78 Å². The summed E-state index contributed by atoms with van der Waals surface area (Å²) in [6.07, 6.45) is -0.384. The van der Waals surface area contributed by atoms with Gasteiger partial charge in [-0.1, -0.05) is 6.07 Å². The number of aliphatic carboxylic acids is 1. The van der Waals surface area contributed by atoms with E-state index in [4.69, 9.17) is 23.8 Å². The van der Waals surface area contributed by atoms with E-state index in [0.29, 0.717) is 18.2 Å². The number of aromatic nitrogens is 1. The first-order valence-corrected chi connectivity index (χ1v) is 10.4. The van der Waals surface area contributed by atoms with Gasteiger partial charge in [0.25, 0.3) is 5.91 Å². The van der Waals surface area contributed by atoms with Gasteiger partial charge in [-0.2, -0.15) is 13.2 Å². The Morgan fingerprint density at radius 2 is 1.94 bits per heavy atom. The molecule has 33 heavy (non-hydrogen) atoms. The van der Waals surface area contributed by atoms with E-state index in [0.717, 1.165) is 44.7 Å². The summed E-state index contributed by atoms with van der Waals surface area (Å²) >= 11 is 0. The fraction of sp³-hybridized carbons (Fsp3) is 0.500. The van der Waals surface area contributed by atoms with Crippen molar-refractivity contribution in [1.29, 1.82) is 0 Å². The number of furan rings is 1. The van der Waals surface area contributed by atoms with Gasteiger partial charge in [-0.15, -0.1) is 0 Å². The van der Waals surface area contributed by atoms with Crippen LogP contribution in [0.3, 0.4) is 0 Å². The van der Waals surface area contributed by atoms with Crippen molar-refractivity contribution < 1.29 is 41.8 Å². The molecule has 1 amide bonds. The van der Waals surface area contributed by atoms with Crippen LogP contribution in [0.2, 0.25) is 0 Å². The number of piperidine rings is 1. The zero-order valence-corrected chi connectivity index (χ0v) is 18.0. The van der Waals surface area contributed by atoms with Gasteiger partial charge in [0.15, 0.2) is 5.76 Å². The van der Waals surface area contributed by atoms with E-state index in [-0.39, 0.29) is 17.4 Å². The van der Waals surface area contributed by atoms with Gasteiger partial charge in [0.1, 0.15) is 12.4 Å². The monoisotopic (exact) mass is 470 g/mol. The number of halogens is 3. The summed E-state index contributed by atoms with van der Waals surface area (Å²) in [4.78, 5) is 27.5. The summed E-state index contributed by atoms with van der Waals surface area (Å²) in [5, 5.41) is 7.12. The van der Waals surface area contributed by atoms with Gasteiger partial charge in [-0.05, 0) is 49.8 Å². The van der Waals surface area contributed by atoms with Crippen LogP contribution in [0.25, 0.3) is 0 Å². The molecule has 2 fully saturated rings. The van der Waals surface area contributed by atoms with E-state index in [1.807, 2.05) is 36.1 Å². The molecule has 8 nitrogen and oxygen atoms in total. The molecule has 1 N–H and O–H groups in total. The second-order valence-electron chi connectivity index (χ2n) is 8.12. The van der Waals surface area contributed by atoms with Crippen LogP contribution in [0.5, 0.6) is 5.88 Å². The van der Waals surface area contributed by atoms with Crippen LogP contribution in [0, 0.1) is 12.3 Å². The van der Waals surface area contributed by atoms with E-state index in [1.54, 1.807) is 12.3 Å². The number of rotatable bonds is 4. The first-order valence-electron chi connectivity index (χ1n) is 10.4. The molecule has 4 rings (SSSR count). The molecule has 0 bridgehead atoms. The Labute approximate surface area is 188 Å². The third-order valence-electron chi connectivity index (χ3n) is 5.65. The standard InChI is InChI=1S/C20H24N2O4.C2HF3O2/c1-15-5-6-17(26-15)19(23)22-10-7-20(8-11-22)12-16(25-14-20)13-24-18-4-2-3-9-21-18;3-2(4,5)1(6)7/h2-6,9,16H,7-8,10-14H2,1H3;(H,6,7). The summed E-state index contributed by atoms with van der Waals surface area (Å²) < 4.78 is 48.9. The largest absolute Gasteiger partial charge is 0.490 e. The molecule has 4 heterocycles. The Morgan fingerprint density at radius 3 is 2.48 bits per heavy atom. The number of likely N-dealkylation sites (tertiary alicyclic amines) is 1. The van der Waals surface area contributed by atoms with Gasteiger partial charge in [0.2, 0.25) is 5.88 Å². The van der Waals surface area contributed by atoms with Crippen molar-refractivity contribution in [1.82, 2.24) is 9.88 Å². The zero-order chi connectivity index (χ0) is 24.1. The zero-order valence-electron chi connectivity index (χ0n) is 18.0. The van der Waals surface area contributed by atoms with E-state index in [1.165, 1.54) is 0 Å². The SMILES string of the molecule is Cc1ccc(C(=O)N2CCC3(CC2)COC(COc2ccccn2)C3)o1.O=C(O)C(F)(F)F. The Morgan fingerprint density at radius 1 is 1.24 bits per heavy atom. The maximum Gasteiger partial charge on any atom is 0.490 e. The molecule has 180 valence electrons. The van der Waals surface area contributed by atoms with Gasteiger partial charge >= 0.3 is 12.1 Å². The van der Waals surface area contributed by atoms with Crippen LogP contribution in [-0.2, 0) is 9.53 Å². The number of ether oxygens (including phenoxy) is 2. The molecule has 2 aromatic rings. The van der Waals surface area contributed by atoms with Crippen LogP contribution < -0.4 is 4.74 Å². The molecule has 2 aliphatic rings. The molecular weight excluding hydrogens is 445 g/mol. The number of aryl methyl sites for hydroxylation is 1. The van der Waals surface area contributed by atoms with Crippen LogP contribution >= 0.6 is 0 Å². The molecule has 0 saturated carbocycles.